The summed E-state index contributed by atoms with van der Waals surface area (Å²) in [7, 11) is 1.57. The van der Waals surface area contributed by atoms with Crippen LogP contribution in [0.3, 0.4) is 0 Å². The fraction of sp³-hybridized carbons (Fsp3) is 0.238. The number of carbonyl (C=O) groups excluding carboxylic acids is 1. The molecular weight excluding hydrogens is 358 g/mol. The van der Waals surface area contributed by atoms with E-state index in [2.05, 4.69) is 36.2 Å². The summed E-state index contributed by atoms with van der Waals surface area (Å²) >= 11 is 5.38. The minimum Gasteiger partial charge on any atom is -0.495 e. The second-order valence-corrected chi connectivity index (χ2v) is 6.45. The summed E-state index contributed by atoms with van der Waals surface area (Å²) in [5, 5.41) is 3.36. The Morgan fingerprint density at radius 2 is 1.78 bits per heavy atom. The van der Waals surface area contributed by atoms with Gasteiger partial charge >= 0.3 is 0 Å². The highest BCUT2D eigenvalue weighted by Crippen LogP contribution is 2.31. The molecule has 1 aliphatic rings. The van der Waals surface area contributed by atoms with Crippen molar-refractivity contribution in [2.75, 3.05) is 30.0 Å². The van der Waals surface area contributed by atoms with Gasteiger partial charge in [0, 0.05) is 18.8 Å². The molecule has 1 N–H and O–H groups in total. The molecular formula is C21H23N3O2S. The molecule has 1 amide bonds. The molecule has 0 aromatic heterocycles. The Morgan fingerprint density at radius 3 is 2.41 bits per heavy atom. The number of thiocarbonyl (C=S) groups is 1. The molecule has 0 unspecified atom stereocenters. The van der Waals surface area contributed by atoms with Crippen LogP contribution in [0, 0.1) is 0 Å². The third-order valence-electron chi connectivity index (χ3n) is 4.54. The molecule has 0 aliphatic carbocycles. The van der Waals surface area contributed by atoms with Gasteiger partial charge in [-0.25, -0.2) is 4.90 Å². The second kappa shape index (κ2) is 8.22. The fourth-order valence-corrected chi connectivity index (χ4v) is 3.40. The van der Waals surface area contributed by atoms with Gasteiger partial charge in [0.15, 0.2) is 5.11 Å². The number of nitrogens with zero attached hydrogens (tertiary/aromatic N) is 2. The maximum atomic E-state index is 12.9. The monoisotopic (exact) mass is 381 g/mol. The first-order chi connectivity index (χ1) is 13.1. The van der Waals surface area contributed by atoms with E-state index >= 15 is 0 Å². The van der Waals surface area contributed by atoms with E-state index in [9.17, 15) is 4.79 Å². The predicted octanol–water partition coefficient (Wildman–Crippen LogP) is 3.80. The van der Waals surface area contributed by atoms with Crippen LogP contribution in [-0.4, -0.2) is 31.2 Å². The third kappa shape index (κ3) is 3.80. The fourth-order valence-electron chi connectivity index (χ4n) is 3.11. The molecule has 0 spiro atoms. The lowest BCUT2D eigenvalue weighted by Crippen LogP contribution is -2.30. The lowest BCUT2D eigenvalue weighted by atomic mass is 10.1. The van der Waals surface area contributed by atoms with Gasteiger partial charge in [-0.15, -0.1) is 0 Å². The van der Waals surface area contributed by atoms with E-state index in [-0.39, 0.29) is 5.91 Å². The second-order valence-electron chi connectivity index (χ2n) is 6.06. The van der Waals surface area contributed by atoms with Gasteiger partial charge in [0.1, 0.15) is 11.4 Å². The molecule has 0 radical (unpaired) electrons. The van der Waals surface area contributed by atoms with Crippen molar-refractivity contribution in [1.82, 2.24) is 5.32 Å². The average Bonchev–Trinajstić information content (AvgIpc) is 2.97. The molecule has 5 nitrogen and oxygen atoms in total. The molecule has 3 rings (SSSR count). The number of hydrogen-bond donors (Lipinski definition) is 1. The quantitative estimate of drug-likeness (QED) is 0.609. The van der Waals surface area contributed by atoms with Crippen LogP contribution >= 0.6 is 12.2 Å². The maximum Gasteiger partial charge on any atom is 0.281 e. The van der Waals surface area contributed by atoms with Gasteiger partial charge in [-0.1, -0.05) is 24.3 Å². The van der Waals surface area contributed by atoms with Crippen LogP contribution < -0.4 is 19.9 Å². The van der Waals surface area contributed by atoms with E-state index in [1.165, 1.54) is 10.6 Å². The Bertz CT molecular complexity index is 873. The summed E-state index contributed by atoms with van der Waals surface area (Å²) in [6.45, 7) is 6.18. The molecule has 140 valence electrons. The van der Waals surface area contributed by atoms with Crippen molar-refractivity contribution in [3.05, 3.63) is 59.8 Å². The smallest absolute Gasteiger partial charge is 0.281 e. The Labute approximate surface area is 165 Å². The number of hydrogen-bond acceptors (Lipinski definition) is 4. The molecule has 2 aromatic carbocycles. The minimum atomic E-state index is -0.197. The number of amides is 1. The standard InChI is InChI=1S/C21H23N3O2S/c1-4-23(5-2)16-12-10-15(11-13-16)14-17-20(25)24(21(27)22-17)18-8-6-7-9-19(18)26-3/h6-14H,4-5H2,1-3H3,(H,22,27)/b17-14+. The van der Waals surface area contributed by atoms with Gasteiger partial charge in [0.2, 0.25) is 0 Å². The zero-order valence-corrected chi connectivity index (χ0v) is 16.5. The van der Waals surface area contributed by atoms with E-state index in [4.69, 9.17) is 17.0 Å². The van der Waals surface area contributed by atoms with Gasteiger partial charge in [-0.3, -0.25) is 4.79 Å². The summed E-state index contributed by atoms with van der Waals surface area (Å²) in [6, 6.07) is 15.5. The SMILES string of the molecule is CCN(CC)c1ccc(/C=C2/NC(=S)N(c3ccccc3OC)C2=O)cc1. The zero-order chi connectivity index (χ0) is 19.4. The molecule has 0 bridgehead atoms. The van der Waals surface area contributed by atoms with Crippen LogP contribution in [0.1, 0.15) is 19.4 Å². The molecule has 6 heteroatoms. The van der Waals surface area contributed by atoms with Crippen LogP contribution in [0.25, 0.3) is 6.08 Å². The van der Waals surface area contributed by atoms with Crippen LogP contribution in [0.5, 0.6) is 5.75 Å². The summed E-state index contributed by atoms with van der Waals surface area (Å²) in [5.74, 6) is 0.400. The van der Waals surface area contributed by atoms with Crippen LogP contribution in [0.15, 0.2) is 54.2 Å². The maximum absolute atomic E-state index is 12.9. The number of para-hydroxylation sites is 2. The highest BCUT2D eigenvalue weighted by molar-refractivity contribution is 7.80. The van der Waals surface area contributed by atoms with Crippen molar-refractivity contribution in [3.8, 4) is 5.75 Å². The Kier molecular flexibility index (Phi) is 5.76. The summed E-state index contributed by atoms with van der Waals surface area (Å²) in [6.07, 6.45) is 1.82. The normalized spacial score (nSPS) is 15.2. The van der Waals surface area contributed by atoms with Gasteiger partial charge in [0.05, 0.1) is 12.8 Å². The Hall–Kier alpha value is -2.86. The Morgan fingerprint density at radius 1 is 1.11 bits per heavy atom. The first-order valence-electron chi connectivity index (χ1n) is 8.94. The molecule has 1 aliphatic heterocycles. The van der Waals surface area contributed by atoms with E-state index in [1.807, 2.05) is 36.4 Å². The van der Waals surface area contributed by atoms with Crippen molar-refractivity contribution >= 4 is 40.7 Å². The van der Waals surface area contributed by atoms with Gasteiger partial charge in [0.25, 0.3) is 5.91 Å². The van der Waals surface area contributed by atoms with Gasteiger partial charge in [-0.05, 0) is 62.0 Å². The number of nitrogens with one attached hydrogen (secondary N) is 1. The number of benzene rings is 2. The van der Waals surface area contributed by atoms with E-state index in [1.54, 1.807) is 13.2 Å². The zero-order valence-electron chi connectivity index (χ0n) is 15.7. The largest absolute Gasteiger partial charge is 0.495 e. The van der Waals surface area contributed by atoms with E-state index in [0.29, 0.717) is 22.2 Å². The minimum absolute atomic E-state index is 0.197. The summed E-state index contributed by atoms with van der Waals surface area (Å²) in [4.78, 5) is 16.6. The van der Waals surface area contributed by atoms with E-state index in [0.717, 1.165) is 18.7 Å². The molecule has 1 fully saturated rings. The van der Waals surface area contributed by atoms with Crippen molar-refractivity contribution in [2.45, 2.75) is 13.8 Å². The summed E-state index contributed by atoms with van der Waals surface area (Å²) in [5.41, 5.74) is 3.18. The van der Waals surface area contributed by atoms with Gasteiger partial charge in [-0.2, -0.15) is 0 Å². The molecule has 27 heavy (non-hydrogen) atoms. The van der Waals surface area contributed by atoms with E-state index < -0.39 is 0 Å². The topological polar surface area (TPSA) is 44.8 Å². The van der Waals surface area contributed by atoms with Crippen molar-refractivity contribution in [2.24, 2.45) is 0 Å². The number of methoxy groups -OCH3 is 1. The highest BCUT2D eigenvalue weighted by Gasteiger charge is 2.33. The highest BCUT2D eigenvalue weighted by atomic mass is 32.1. The molecule has 0 atom stereocenters. The molecule has 0 saturated carbocycles. The van der Waals surface area contributed by atoms with Gasteiger partial charge < -0.3 is 15.0 Å². The number of rotatable bonds is 6. The van der Waals surface area contributed by atoms with Crippen molar-refractivity contribution in [1.29, 1.82) is 0 Å². The lowest BCUT2D eigenvalue weighted by molar-refractivity contribution is -0.113. The lowest BCUT2D eigenvalue weighted by Gasteiger charge is -2.20. The number of anilines is 2. The summed E-state index contributed by atoms with van der Waals surface area (Å²) < 4.78 is 5.36. The number of carbonyl (C=O) groups is 1. The first kappa shape index (κ1) is 18.9. The predicted molar refractivity (Wildman–Crippen MR) is 114 cm³/mol. The molecule has 1 heterocycles. The van der Waals surface area contributed by atoms with Crippen LogP contribution in [-0.2, 0) is 4.79 Å². The van der Waals surface area contributed by atoms with Crippen molar-refractivity contribution in [3.63, 3.8) is 0 Å². The van der Waals surface area contributed by atoms with Crippen molar-refractivity contribution < 1.29 is 9.53 Å². The first-order valence-corrected chi connectivity index (χ1v) is 9.35. The van der Waals surface area contributed by atoms with Crippen LogP contribution in [0.2, 0.25) is 0 Å². The molecule has 1 saturated heterocycles. The number of ether oxygens (including phenoxy) is 1. The average molecular weight is 382 g/mol. The third-order valence-corrected chi connectivity index (χ3v) is 4.82. The van der Waals surface area contributed by atoms with Crippen LogP contribution in [0.4, 0.5) is 11.4 Å². The molecule has 2 aromatic rings. The Balaban J connectivity index is 1.86.